The molecule has 1 aromatic carbocycles. The number of likely N-dealkylation sites (tertiary alicyclic amines) is 1. The number of hydrogen-bond donors (Lipinski definition) is 1. The molecule has 194 valence electrons. The second-order valence-corrected chi connectivity index (χ2v) is 9.84. The van der Waals surface area contributed by atoms with E-state index in [1.54, 1.807) is 36.1 Å². The lowest BCUT2D eigenvalue weighted by Gasteiger charge is -2.33. The predicted octanol–water partition coefficient (Wildman–Crippen LogP) is 3.64. The number of para-hydroxylation sites is 1. The van der Waals surface area contributed by atoms with Crippen LogP contribution >= 0.6 is 0 Å². The van der Waals surface area contributed by atoms with E-state index >= 15 is 0 Å². The molecule has 3 rings (SSSR count). The fraction of sp³-hybridized carbons (Fsp3) is 0.500. The average Bonchev–Trinajstić information content (AvgIpc) is 2.82. The number of aryl methyl sites for hydroxylation is 1. The van der Waals surface area contributed by atoms with Gasteiger partial charge in [0.25, 0.3) is 5.91 Å². The van der Waals surface area contributed by atoms with Crippen LogP contribution in [0.15, 0.2) is 30.5 Å². The maximum absolute atomic E-state index is 13.3. The molecule has 0 atom stereocenters. The van der Waals surface area contributed by atoms with Crippen molar-refractivity contribution in [3.8, 4) is 5.75 Å². The molecular formula is C26H34N4O6. The van der Waals surface area contributed by atoms with E-state index in [9.17, 15) is 19.5 Å². The molecule has 10 heteroatoms. The minimum absolute atomic E-state index is 0.0511. The first-order valence-electron chi connectivity index (χ1n) is 11.9. The Kier molecular flexibility index (Phi) is 8.49. The van der Waals surface area contributed by atoms with Crippen LogP contribution in [0, 0.1) is 6.92 Å². The fourth-order valence-corrected chi connectivity index (χ4v) is 4.11. The molecule has 0 saturated carbocycles. The Morgan fingerprint density at radius 2 is 1.83 bits per heavy atom. The molecule has 0 radical (unpaired) electrons. The van der Waals surface area contributed by atoms with Gasteiger partial charge in [-0.05, 0) is 46.6 Å². The summed E-state index contributed by atoms with van der Waals surface area (Å²) in [5, 5.41) is 9.40. The minimum atomic E-state index is -1.12. The number of aliphatic carboxylic acids is 1. The van der Waals surface area contributed by atoms with Crippen LogP contribution in [0.5, 0.6) is 5.75 Å². The number of carbonyl (C=O) groups is 3. The van der Waals surface area contributed by atoms with E-state index in [1.807, 2.05) is 20.8 Å². The summed E-state index contributed by atoms with van der Waals surface area (Å²) in [4.78, 5) is 49.1. The molecule has 2 amide bonds. The largest absolute Gasteiger partial charge is 0.496 e. The van der Waals surface area contributed by atoms with Crippen LogP contribution in [0.1, 0.15) is 67.0 Å². The molecule has 1 aromatic heterocycles. The lowest BCUT2D eigenvalue weighted by Crippen LogP contribution is -2.41. The number of piperidine rings is 1. The van der Waals surface area contributed by atoms with Crippen molar-refractivity contribution < 1.29 is 29.0 Å². The fourth-order valence-electron chi connectivity index (χ4n) is 4.11. The van der Waals surface area contributed by atoms with E-state index in [-0.39, 0.29) is 24.1 Å². The first kappa shape index (κ1) is 26.9. The highest BCUT2D eigenvalue weighted by Gasteiger charge is 2.29. The van der Waals surface area contributed by atoms with Gasteiger partial charge in [0.05, 0.1) is 24.9 Å². The molecule has 36 heavy (non-hydrogen) atoms. The third kappa shape index (κ3) is 6.93. The maximum Gasteiger partial charge on any atom is 0.410 e. The molecule has 2 aromatic rings. The summed E-state index contributed by atoms with van der Waals surface area (Å²) in [7, 11) is 1.52. The number of ether oxygens (including phenoxy) is 2. The molecule has 0 bridgehead atoms. The van der Waals surface area contributed by atoms with Crippen LogP contribution in [0.25, 0.3) is 0 Å². The number of nitrogens with zero attached hydrogens (tertiary/aromatic N) is 4. The number of rotatable bonds is 7. The van der Waals surface area contributed by atoms with Crippen molar-refractivity contribution in [2.75, 3.05) is 26.7 Å². The standard InChI is InChI=1S/C26H34N4O6/c1-17-20(24(33)30(16-22(31)32)15-19-8-6-7-9-21(19)35-5)14-27-23(28-17)18-10-12-29(13-11-18)25(34)36-26(2,3)4/h6-9,14,18H,10-13,15-16H2,1-5H3,(H,31,32). The zero-order valence-electron chi connectivity index (χ0n) is 21.5. The first-order valence-corrected chi connectivity index (χ1v) is 11.9. The lowest BCUT2D eigenvalue weighted by atomic mass is 9.96. The number of carbonyl (C=O) groups excluding carboxylic acids is 2. The van der Waals surface area contributed by atoms with Gasteiger partial charge in [0.15, 0.2) is 0 Å². The third-order valence-electron chi connectivity index (χ3n) is 5.91. The highest BCUT2D eigenvalue weighted by Crippen LogP contribution is 2.27. The molecule has 10 nitrogen and oxygen atoms in total. The van der Waals surface area contributed by atoms with Gasteiger partial charge in [0, 0.05) is 30.8 Å². The summed E-state index contributed by atoms with van der Waals surface area (Å²) >= 11 is 0. The average molecular weight is 499 g/mol. The van der Waals surface area contributed by atoms with Crippen molar-refractivity contribution in [2.45, 2.75) is 58.6 Å². The van der Waals surface area contributed by atoms with Crippen LogP contribution in [-0.2, 0) is 16.1 Å². The molecule has 1 fully saturated rings. The van der Waals surface area contributed by atoms with Gasteiger partial charge in [-0.2, -0.15) is 0 Å². The summed E-state index contributed by atoms with van der Waals surface area (Å²) in [6, 6.07) is 7.16. The van der Waals surface area contributed by atoms with Crippen molar-refractivity contribution in [1.29, 1.82) is 0 Å². The van der Waals surface area contributed by atoms with Crippen LogP contribution < -0.4 is 4.74 Å². The van der Waals surface area contributed by atoms with Gasteiger partial charge in [-0.15, -0.1) is 0 Å². The molecule has 1 aliphatic heterocycles. The Morgan fingerprint density at radius 3 is 2.42 bits per heavy atom. The molecule has 1 aliphatic rings. The number of amides is 2. The molecule has 0 spiro atoms. The molecule has 2 heterocycles. The van der Waals surface area contributed by atoms with Crippen LogP contribution in [0.4, 0.5) is 4.79 Å². The van der Waals surface area contributed by atoms with Gasteiger partial charge >= 0.3 is 12.1 Å². The summed E-state index contributed by atoms with van der Waals surface area (Å²) in [5.41, 5.74) is 0.883. The van der Waals surface area contributed by atoms with E-state index in [0.29, 0.717) is 48.8 Å². The van der Waals surface area contributed by atoms with Crippen molar-refractivity contribution in [3.05, 3.63) is 53.1 Å². The molecular weight excluding hydrogens is 464 g/mol. The van der Waals surface area contributed by atoms with Crippen molar-refractivity contribution >= 4 is 18.0 Å². The van der Waals surface area contributed by atoms with Crippen LogP contribution in [0.2, 0.25) is 0 Å². The molecule has 1 saturated heterocycles. The number of carboxylic acid groups (broad SMARTS) is 1. The normalized spacial score (nSPS) is 14.3. The zero-order valence-corrected chi connectivity index (χ0v) is 21.5. The SMILES string of the molecule is COc1ccccc1CN(CC(=O)O)C(=O)c1cnc(C2CCN(C(=O)OC(C)(C)C)CC2)nc1C. The third-order valence-corrected chi connectivity index (χ3v) is 5.91. The first-order chi connectivity index (χ1) is 17.0. The van der Waals surface area contributed by atoms with Gasteiger partial charge in [0.2, 0.25) is 0 Å². The number of benzene rings is 1. The zero-order chi connectivity index (χ0) is 26.5. The van der Waals surface area contributed by atoms with E-state index in [1.165, 1.54) is 18.2 Å². The second-order valence-electron chi connectivity index (χ2n) is 9.84. The van der Waals surface area contributed by atoms with Gasteiger partial charge in [-0.1, -0.05) is 18.2 Å². The van der Waals surface area contributed by atoms with Gasteiger partial charge in [0.1, 0.15) is 23.7 Å². The second kappa shape index (κ2) is 11.4. The molecule has 1 N–H and O–H groups in total. The Labute approximate surface area is 211 Å². The Bertz CT molecular complexity index is 1110. The van der Waals surface area contributed by atoms with Gasteiger partial charge < -0.3 is 24.4 Å². The summed E-state index contributed by atoms with van der Waals surface area (Å²) in [6.45, 7) is 7.90. The van der Waals surface area contributed by atoms with Crippen molar-refractivity contribution in [3.63, 3.8) is 0 Å². The molecule has 0 aliphatic carbocycles. The summed E-state index contributed by atoms with van der Waals surface area (Å²) < 4.78 is 10.8. The van der Waals surface area contributed by atoms with Crippen molar-refractivity contribution in [1.82, 2.24) is 19.8 Å². The number of hydrogen-bond acceptors (Lipinski definition) is 7. The lowest BCUT2D eigenvalue weighted by molar-refractivity contribution is -0.137. The summed E-state index contributed by atoms with van der Waals surface area (Å²) in [5.74, 6) is -0.350. The van der Waals surface area contributed by atoms with Gasteiger partial charge in [-0.3, -0.25) is 9.59 Å². The van der Waals surface area contributed by atoms with E-state index in [2.05, 4.69) is 9.97 Å². The quantitative estimate of drug-likeness (QED) is 0.614. The number of carboxylic acids is 1. The monoisotopic (exact) mass is 498 g/mol. The predicted molar refractivity (Wildman–Crippen MR) is 132 cm³/mol. The maximum atomic E-state index is 13.3. The Hall–Kier alpha value is -3.69. The molecule has 0 unspecified atom stereocenters. The Morgan fingerprint density at radius 1 is 1.17 bits per heavy atom. The highest BCUT2D eigenvalue weighted by atomic mass is 16.6. The van der Waals surface area contributed by atoms with E-state index in [4.69, 9.17) is 9.47 Å². The van der Waals surface area contributed by atoms with E-state index in [0.717, 1.165) is 0 Å². The Balaban J connectivity index is 1.72. The van der Waals surface area contributed by atoms with Crippen molar-refractivity contribution in [2.24, 2.45) is 0 Å². The van der Waals surface area contributed by atoms with E-state index < -0.39 is 24.0 Å². The summed E-state index contributed by atoms with van der Waals surface area (Å²) in [6.07, 6.45) is 2.51. The van der Waals surface area contributed by atoms with Gasteiger partial charge in [-0.25, -0.2) is 14.8 Å². The minimum Gasteiger partial charge on any atom is -0.496 e. The number of aromatic nitrogens is 2. The topological polar surface area (TPSA) is 122 Å². The smallest absolute Gasteiger partial charge is 0.410 e. The number of methoxy groups -OCH3 is 1. The van der Waals surface area contributed by atoms with Crippen LogP contribution in [0.3, 0.4) is 0 Å². The van der Waals surface area contributed by atoms with Crippen LogP contribution in [-0.4, -0.2) is 75.2 Å². The highest BCUT2D eigenvalue weighted by molar-refractivity contribution is 5.96.